The van der Waals surface area contributed by atoms with Gasteiger partial charge < -0.3 is 5.32 Å². The lowest BCUT2D eigenvalue weighted by Crippen LogP contribution is -2.37. The van der Waals surface area contributed by atoms with Crippen molar-refractivity contribution in [3.8, 4) is 0 Å². The van der Waals surface area contributed by atoms with E-state index in [0.717, 1.165) is 0 Å². The van der Waals surface area contributed by atoms with Gasteiger partial charge in [0.05, 0.1) is 0 Å². The summed E-state index contributed by atoms with van der Waals surface area (Å²) in [6.45, 7) is 1.40. The molecule has 0 aliphatic rings. The lowest BCUT2D eigenvalue weighted by molar-refractivity contribution is 0.417. The minimum atomic E-state index is -4.69. The quantitative estimate of drug-likeness (QED) is 0.633. The smallest absolute Gasteiger partial charge is 0.246 e. The maximum atomic E-state index is 13.3. The molecule has 116 valence electrons. The van der Waals surface area contributed by atoms with Crippen molar-refractivity contribution in [2.75, 3.05) is 13.6 Å². The Hall–Kier alpha value is -0.900. The standard InChI is InChI=1S/C10H12F4N2O2S.ClH/c1-5(15-2)4-16-19(17,18)10-8(13)6(11)3-7(12)9(10)14;/h3,5,15-16H,4H2,1-2H3;1H. The highest BCUT2D eigenvalue weighted by molar-refractivity contribution is 7.89. The predicted molar refractivity (Wildman–Crippen MR) is 67.2 cm³/mol. The van der Waals surface area contributed by atoms with Crippen LogP contribution in [-0.4, -0.2) is 28.1 Å². The topological polar surface area (TPSA) is 58.2 Å². The first-order chi connectivity index (χ1) is 8.70. The third-order valence-corrected chi connectivity index (χ3v) is 3.86. The summed E-state index contributed by atoms with van der Waals surface area (Å²) in [6, 6.07) is -0.390. The molecule has 1 aromatic rings. The number of hydrogen-bond acceptors (Lipinski definition) is 3. The Labute approximate surface area is 120 Å². The summed E-state index contributed by atoms with van der Waals surface area (Å²) in [5.74, 6) is -7.46. The fourth-order valence-electron chi connectivity index (χ4n) is 1.20. The van der Waals surface area contributed by atoms with Crippen LogP contribution in [0.5, 0.6) is 0 Å². The monoisotopic (exact) mass is 336 g/mol. The molecule has 0 aliphatic carbocycles. The number of rotatable bonds is 5. The van der Waals surface area contributed by atoms with Gasteiger partial charge in [0.25, 0.3) is 0 Å². The van der Waals surface area contributed by atoms with Crippen molar-refractivity contribution in [2.24, 2.45) is 0 Å². The molecule has 1 aromatic carbocycles. The number of benzene rings is 1. The summed E-state index contributed by atoms with van der Waals surface area (Å²) in [4.78, 5) is -1.66. The summed E-state index contributed by atoms with van der Waals surface area (Å²) in [6.07, 6.45) is 0. The second kappa shape index (κ2) is 7.21. The molecule has 0 aliphatic heterocycles. The third-order valence-electron chi connectivity index (χ3n) is 2.41. The number of halogens is 5. The lowest BCUT2D eigenvalue weighted by atomic mass is 10.3. The van der Waals surface area contributed by atoms with Crippen molar-refractivity contribution in [1.29, 1.82) is 0 Å². The predicted octanol–water partition coefficient (Wildman–Crippen LogP) is 1.55. The van der Waals surface area contributed by atoms with Crippen molar-refractivity contribution in [3.63, 3.8) is 0 Å². The van der Waals surface area contributed by atoms with E-state index in [0.29, 0.717) is 0 Å². The molecule has 0 heterocycles. The van der Waals surface area contributed by atoms with Crippen LogP contribution in [0.4, 0.5) is 17.6 Å². The largest absolute Gasteiger partial charge is 0.316 e. The third kappa shape index (κ3) is 4.05. The van der Waals surface area contributed by atoms with Gasteiger partial charge in [0.2, 0.25) is 10.0 Å². The molecule has 0 saturated carbocycles. The average Bonchev–Trinajstić information content (AvgIpc) is 2.33. The minimum Gasteiger partial charge on any atom is -0.316 e. The average molecular weight is 337 g/mol. The number of sulfonamides is 1. The first-order valence-corrected chi connectivity index (χ1v) is 6.69. The van der Waals surface area contributed by atoms with E-state index >= 15 is 0 Å². The van der Waals surface area contributed by atoms with Gasteiger partial charge in [-0.2, -0.15) is 0 Å². The van der Waals surface area contributed by atoms with Crippen LogP contribution >= 0.6 is 12.4 Å². The molecule has 1 unspecified atom stereocenters. The highest BCUT2D eigenvalue weighted by Gasteiger charge is 2.29. The van der Waals surface area contributed by atoms with E-state index in [1.165, 1.54) is 0 Å². The van der Waals surface area contributed by atoms with Crippen molar-refractivity contribution >= 4 is 22.4 Å². The molecule has 0 saturated heterocycles. The van der Waals surface area contributed by atoms with Crippen LogP contribution in [0, 0.1) is 23.3 Å². The van der Waals surface area contributed by atoms with Gasteiger partial charge >= 0.3 is 0 Å². The van der Waals surface area contributed by atoms with E-state index in [2.05, 4.69) is 5.32 Å². The number of likely N-dealkylation sites (N-methyl/N-ethyl adjacent to an activating group) is 1. The van der Waals surface area contributed by atoms with Crippen LogP contribution in [0.3, 0.4) is 0 Å². The Bertz CT molecular complexity index is 557. The number of nitrogens with one attached hydrogen (secondary N) is 2. The molecule has 0 bridgehead atoms. The summed E-state index contributed by atoms with van der Waals surface area (Å²) in [5, 5.41) is 2.68. The fourth-order valence-corrected chi connectivity index (χ4v) is 2.48. The molecule has 0 radical (unpaired) electrons. The van der Waals surface area contributed by atoms with Crippen molar-refractivity contribution in [3.05, 3.63) is 29.3 Å². The molecule has 20 heavy (non-hydrogen) atoms. The molecule has 0 aromatic heterocycles. The van der Waals surface area contributed by atoms with Crippen molar-refractivity contribution in [2.45, 2.75) is 17.9 Å². The van der Waals surface area contributed by atoms with Crippen molar-refractivity contribution in [1.82, 2.24) is 10.0 Å². The molecule has 0 amide bonds. The van der Waals surface area contributed by atoms with Crippen molar-refractivity contribution < 1.29 is 26.0 Å². The Kier molecular flexibility index (Phi) is 6.88. The maximum absolute atomic E-state index is 13.3. The van der Waals surface area contributed by atoms with Gasteiger partial charge in [-0.15, -0.1) is 12.4 Å². The Morgan fingerprint density at radius 1 is 1.15 bits per heavy atom. The van der Waals surface area contributed by atoms with Crippen LogP contribution in [-0.2, 0) is 10.0 Å². The Balaban J connectivity index is 0.00000361. The van der Waals surface area contributed by atoms with Gasteiger partial charge in [0.1, 0.15) is 0 Å². The molecule has 4 nitrogen and oxygen atoms in total. The molecule has 2 N–H and O–H groups in total. The molecule has 1 rings (SSSR count). The van der Waals surface area contributed by atoms with Gasteiger partial charge in [0, 0.05) is 18.7 Å². The zero-order valence-electron chi connectivity index (χ0n) is 10.5. The maximum Gasteiger partial charge on any atom is 0.246 e. The first kappa shape index (κ1) is 19.1. The Morgan fingerprint density at radius 2 is 1.60 bits per heavy atom. The van der Waals surface area contributed by atoms with E-state index in [1.54, 1.807) is 14.0 Å². The van der Waals surface area contributed by atoms with Crippen LogP contribution in [0.25, 0.3) is 0 Å². The second-order valence-electron chi connectivity index (χ2n) is 3.84. The molecule has 1 atom stereocenters. The van der Waals surface area contributed by atoms with E-state index in [1.807, 2.05) is 4.72 Å². The molecule has 0 fully saturated rings. The molecule has 10 heteroatoms. The normalized spacial score (nSPS) is 12.9. The fraction of sp³-hybridized carbons (Fsp3) is 0.400. The zero-order chi connectivity index (χ0) is 14.8. The van der Waals surface area contributed by atoms with Crippen LogP contribution < -0.4 is 10.0 Å². The van der Waals surface area contributed by atoms with Crippen LogP contribution in [0.15, 0.2) is 11.0 Å². The summed E-state index contributed by atoms with van der Waals surface area (Å²) in [7, 11) is -3.15. The van der Waals surface area contributed by atoms with Gasteiger partial charge in [-0.1, -0.05) is 0 Å². The van der Waals surface area contributed by atoms with Gasteiger partial charge in [0.15, 0.2) is 28.2 Å². The molecular weight excluding hydrogens is 324 g/mol. The van der Waals surface area contributed by atoms with E-state index in [-0.39, 0.29) is 31.1 Å². The van der Waals surface area contributed by atoms with E-state index < -0.39 is 38.2 Å². The van der Waals surface area contributed by atoms with Gasteiger partial charge in [-0.25, -0.2) is 30.7 Å². The molecular formula is C10H13ClF4N2O2S. The summed E-state index contributed by atoms with van der Waals surface area (Å²) in [5.41, 5.74) is 0. The van der Waals surface area contributed by atoms with E-state index in [4.69, 9.17) is 0 Å². The van der Waals surface area contributed by atoms with Crippen LogP contribution in [0.1, 0.15) is 6.92 Å². The molecule has 0 spiro atoms. The van der Waals surface area contributed by atoms with Gasteiger partial charge in [-0.3, -0.25) is 0 Å². The SMILES string of the molecule is CNC(C)CNS(=O)(=O)c1c(F)c(F)cc(F)c1F.Cl. The second-order valence-corrected chi connectivity index (χ2v) is 5.54. The highest BCUT2D eigenvalue weighted by Crippen LogP contribution is 2.23. The summed E-state index contributed by atoms with van der Waals surface area (Å²) < 4.78 is 77.7. The highest BCUT2D eigenvalue weighted by atomic mass is 35.5. The first-order valence-electron chi connectivity index (χ1n) is 5.20. The summed E-state index contributed by atoms with van der Waals surface area (Å²) >= 11 is 0. The minimum absolute atomic E-state index is 0. The number of hydrogen-bond donors (Lipinski definition) is 2. The zero-order valence-corrected chi connectivity index (χ0v) is 12.1. The van der Waals surface area contributed by atoms with Crippen LogP contribution in [0.2, 0.25) is 0 Å². The Morgan fingerprint density at radius 3 is 2.00 bits per heavy atom. The van der Waals surface area contributed by atoms with Gasteiger partial charge in [-0.05, 0) is 14.0 Å². The van der Waals surface area contributed by atoms with E-state index in [9.17, 15) is 26.0 Å². The lowest BCUT2D eigenvalue weighted by Gasteiger charge is -2.13.